The number of nitrogens with one attached hydrogen (secondary N) is 2. The van der Waals surface area contributed by atoms with Gasteiger partial charge in [-0.15, -0.1) is 0 Å². The minimum absolute atomic E-state index is 0.0473. The van der Waals surface area contributed by atoms with E-state index in [1.54, 1.807) is 24.4 Å². The van der Waals surface area contributed by atoms with Crippen LogP contribution in [0.2, 0.25) is 0 Å². The molecule has 0 radical (unpaired) electrons. The van der Waals surface area contributed by atoms with E-state index in [-0.39, 0.29) is 11.7 Å². The number of pyridine rings is 1. The smallest absolute Gasteiger partial charge is 0.255 e. The van der Waals surface area contributed by atoms with E-state index < -0.39 is 0 Å². The van der Waals surface area contributed by atoms with Crippen molar-refractivity contribution in [1.82, 2.24) is 10.3 Å². The zero-order valence-corrected chi connectivity index (χ0v) is 17.7. The van der Waals surface area contributed by atoms with Crippen LogP contribution in [-0.2, 0) is 0 Å². The van der Waals surface area contributed by atoms with Crippen LogP contribution in [0.5, 0.6) is 5.75 Å². The minimum atomic E-state index is -0.187. The molecule has 2 heterocycles. The summed E-state index contributed by atoms with van der Waals surface area (Å²) in [5, 5.41) is 4.71. The molecule has 1 aromatic heterocycles. The average Bonchev–Trinajstić information content (AvgIpc) is 3.37. The van der Waals surface area contributed by atoms with Gasteiger partial charge in [-0.1, -0.05) is 13.8 Å². The Morgan fingerprint density at radius 3 is 2.36 bits per heavy atom. The number of piperidine rings is 1. The lowest BCUT2D eigenvalue weighted by Crippen LogP contribution is -2.23. The van der Waals surface area contributed by atoms with Crippen LogP contribution in [0.1, 0.15) is 57.3 Å². The number of aromatic nitrogens is 1. The number of fused-ring (bicyclic) bond motifs is 3. The molecule has 1 aliphatic carbocycles. The molecule has 6 nitrogen and oxygen atoms in total. The molecule has 1 saturated heterocycles. The first-order chi connectivity index (χ1) is 13.6. The van der Waals surface area contributed by atoms with Crippen LogP contribution in [0.3, 0.4) is 0 Å². The van der Waals surface area contributed by atoms with Gasteiger partial charge < -0.3 is 20.8 Å². The largest absolute Gasteiger partial charge is 0.490 e. The molecule has 4 N–H and O–H groups in total. The number of hydrogen-bond donors (Lipinski definition) is 3. The maximum atomic E-state index is 11.6. The number of carbonyl (C=O) groups excluding carboxylic acids is 1. The van der Waals surface area contributed by atoms with Crippen LogP contribution in [0, 0.1) is 5.92 Å². The molecule has 2 aromatic rings. The first kappa shape index (κ1) is 23.9. The standard InChI is InChI=1S/C13H13NO3.C6H11N.C2H6.CH5N/c1-8(2)17-12-6-11-9(5-10(12)7-15)3-4-14-13(11)16;1-2-6-3-5(1)4-7-6;2*1-2/h3-8H,1-2H3,(H,14,16);5-7H,1-4H2;1-2H3;2H2,1H3. The maximum Gasteiger partial charge on any atom is 0.255 e. The zero-order valence-electron chi connectivity index (χ0n) is 17.7. The monoisotopic (exact) mass is 389 g/mol. The highest BCUT2D eigenvalue weighted by Gasteiger charge is 2.30. The second-order valence-corrected chi connectivity index (χ2v) is 6.85. The summed E-state index contributed by atoms with van der Waals surface area (Å²) < 4.78 is 5.52. The maximum absolute atomic E-state index is 11.6. The molecule has 0 amide bonds. The van der Waals surface area contributed by atoms with Crippen molar-refractivity contribution in [2.24, 2.45) is 11.7 Å². The van der Waals surface area contributed by atoms with E-state index in [0.717, 1.165) is 23.6 Å². The van der Waals surface area contributed by atoms with E-state index in [4.69, 9.17) is 4.74 Å². The van der Waals surface area contributed by atoms with E-state index >= 15 is 0 Å². The topological polar surface area (TPSA) is 97.2 Å². The van der Waals surface area contributed by atoms with Crippen molar-refractivity contribution in [2.45, 2.75) is 59.1 Å². The summed E-state index contributed by atoms with van der Waals surface area (Å²) in [4.78, 5) is 25.2. The van der Waals surface area contributed by atoms with Crippen molar-refractivity contribution >= 4 is 17.1 Å². The van der Waals surface area contributed by atoms with E-state index in [9.17, 15) is 9.59 Å². The first-order valence-corrected chi connectivity index (χ1v) is 10.1. The van der Waals surface area contributed by atoms with E-state index in [2.05, 4.69) is 16.0 Å². The molecule has 2 fully saturated rings. The molecule has 4 rings (SSSR count). The summed E-state index contributed by atoms with van der Waals surface area (Å²) in [5.74, 6) is 1.50. The molecule has 2 bridgehead atoms. The van der Waals surface area contributed by atoms with E-state index in [1.165, 1.54) is 32.9 Å². The van der Waals surface area contributed by atoms with Gasteiger partial charge in [0.15, 0.2) is 6.29 Å². The number of aromatic amines is 1. The lowest BCUT2D eigenvalue weighted by Gasteiger charge is -2.12. The molecule has 2 atom stereocenters. The van der Waals surface area contributed by atoms with Gasteiger partial charge in [0.05, 0.1) is 17.1 Å². The summed E-state index contributed by atoms with van der Waals surface area (Å²) in [7, 11) is 1.50. The van der Waals surface area contributed by atoms with Gasteiger partial charge in [0, 0.05) is 12.2 Å². The lowest BCUT2D eigenvalue weighted by molar-refractivity contribution is 0.111. The molecular formula is C22H35N3O3. The van der Waals surface area contributed by atoms with Crippen molar-refractivity contribution < 1.29 is 9.53 Å². The van der Waals surface area contributed by atoms with Gasteiger partial charge >= 0.3 is 0 Å². The molecule has 2 aliphatic rings. The first-order valence-electron chi connectivity index (χ1n) is 10.1. The highest BCUT2D eigenvalue weighted by molar-refractivity contribution is 5.91. The van der Waals surface area contributed by atoms with Crippen molar-refractivity contribution in [2.75, 3.05) is 13.6 Å². The molecule has 1 saturated carbocycles. The summed E-state index contributed by atoms with van der Waals surface area (Å²) in [6, 6.07) is 5.95. The third kappa shape index (κ3) is 6.46. The van der Waals surface area contributed by atoms with Crippen LogP contribution in [-0.4, -0.2) is 37.0 Å². The number of hydrogen-bond acceptors (Lipinski definition) is 5. The fourth-order valence-corrected chi connectivity index (χ4v) is 3.46. The molecule has 1 aromatic carbocycles. The van der Waals surface area contributed by atoms with Gasteiger partial charge in [-0.05, 0) is 76.2 Å². The normalized spacial score (nSPS) is 19.0. The summed E-state index contributed by atoms with van der Waals surface area (Å²) in [6.07, 6.45) is 6.66. The van der Waals surface area contributed by atoms with Crippen LogP contribution in [0.4, 0.5) is 0 Å². The predicted octanol–water partition coefficient (Wildman–Crippen LogP) is 3.49. The number of nitrogens with two attached hydrogens (primary N) is 1. The minimum Gasteiger partial charge on any atom is -0.490 e. The van der Waals surface area contributed by atoms with Gasteiger partial charge in [0.25, 0.3) is 5.56 Å². The lowest BCUT2D eigenvalue weighted by atomic mass is 10.1. The average molecular weight is 390 g/mol. The Morgan fingerprint density at radius 1 is 1.21 bits per heavy atom. The third-order valence-corrected chi connectivity index (χ3v) is 4.63. The number of ether oxygens (including phenoxy) is 1. The van der Waals surface area contributed by atoms with Crippen LogP contribution in [0.15, 0.2) is 29.2 Å². The molecule has 28 heavy (non-hydrogen) atoms. The van der Waals surface area contributed by atoms with Crippen molar-refractivity contribution in [3.05, 3.63) is 40.3 Å². The second-order valence-electron chi connectivity index (χ2n) is 6.85. The molecule has 1 aliphatic heterocycles. The van der Waals surface area contributed by atoms with Gasteiger partial charge in [0.1, 0.15) is 5.75 Å². The summed E-state index contributed by atoms with van der Waals surface area (Å²) in [5.41, 5.74) is 4.77. The summed E-state index contributed by atoms with van der Waals surface area (Å²) in [6.45, 7) is 9.05. The van der Waals surface area contributed by atoms with E-state index in [1.807, 2.05) is 27.7 Å². The number of carbonyl (C=O) groups is 1. The fraction of sp³-hybridized carbons (Fsp3) is 0.545. The summed E-state index contributed by atoms with van der Waals surface area (Å²) >= 11 is 0. The Kier molecular flexibility index (Phi) is 10.5. The predicted molar refractivity (Wildman–Crippen MR) is 116 cm³/mol. The van der Waals surface area contributed by atoms with Crippen molar-refractivity contribution in [3.63, 3.8) is 0 Å². The number of aldehydes is 1. The Morgan fingerprint density at radius 2 is 1.93 bits per heavy atom. The Bertz CT molecular complexity index is 768. The van der Waals surface area contributed by atoms with Gasteiger partial charge in [0.2, 0.25) is 0 Å². The quantitative estimate of drug-likeness (QED) is 0.698. The van der Waals surface area contributed by atoms with Gasteiger partial charge in [-0.25, -0.2) is 0 Å². The highest BCUT2D eigenvalue weighted by Crippen LogP contribution is 2.30. The van der Waals surface area contributed by atoms with Crippen molar-refractivity contribution in [1.29, 1.82) is 0 Å². The fourth-order valence-electron chi connectivity index (χ4n) is 3.46. The third-order valence-electron chi connectivity index (χ3n) is 4.63. The molecule has 156 valence electrons. The highest BCUT2D eigenvalue weighted by atomic mass is 16.5. The van der Waals surface area contributed by atoms with Crippen LogP contribution in [0.25, 0.3) is 10.8 Å². The second kappa shape index (κ2) is 12.3. The van der Waals surface area contributed by atoms with E-state index in [0.29, 0.717) is 16.7 Å². The molecule has 2 unspecified atom stereocenters. The Balaban J connectivity index is 0.000000293. The number of H-pyrrole nitrogens is 1. The van der Waals surface area contributed by atoms with Crippen LogP contribution >= 0.6 is 0 Å². The van der Waals surface area contributed by atoms with Gasteiger partial charge in [-0.2, -0.15) is 0 Å². The number of benzene rings is 1. The molecule has 0 spiro atoms. The Hall–Kier alpha value is -2.18. The molecular weight excluding hydrogens is 354 g/mol. The van der Waals surface area contributed by atoms with Crippen molar-refractivity contribution in [3.8, 4) is 5.75 Å². The van der Waals surface area contributed by atoms with Crippen LogP contribution < -0.4 is 21.3 Å². The molecule has 6 heteroatoms. The zero-order chi connectivity index (χ0) is 21.1. The number of rotatable bonds is 3. The SMILES string of the molecule is C1CC2CC1CN2.CC.CC(C)Oc1cc2c(=O)[nH]ccc2cc1C=O.CN. The van der Waals surface area contributed by atoms with Gasteiger partial charge in [-0.3, -0.25) is 9.59 Å². The Labute approximate surface area is 167 Å².